The van der Waals surface area contributed by atoms with E-state index in [0.717, 1.165) is 35.6 Å². The minimum atomic E-state index is -1.37. The van der Waals surface area contributed by atoms with Gasteiger partial charge >= 0.3 is 5.97 Å². The summed E-state index contributed by atoms with van der Waals surface area (Å²) in [7, 11) is 1.16. The number of thioether (sulfide) groups is 1. The molecular weight excluding hydrogens is 549 g/mol. The number of halogens is 2. The van der Waals surface area contributed by atoms with Gasteiger partial charge in [-0.1, -0.05) is 52.7 Å². The zero-order valence-corrected chi connectivity index (χ0v) is 23.9. The fraction of sp³-hybridized carbons (Fsp3) is 0.333. The Morgan fingerprint density at radius 3 is 2.26 bits per heavy atom. The molecule has 1 aliphatic heterocycles. The standard InChI is InChI=1S/C27H27Cl2N3O5S/c1-6-37-24-18(28)9-16(10-19(24)29)21-17(11-30)26(32-25(34)22(21)27(35)36-5)38-12-20(33)31-23-14(3)7-13(2)8-15(23)4/h7-10,21-22H,6,12H2,1-5H3,(H,31,33)(H,32,34)/t21-,22-/m1/s1. The maximum Gasteiger partial charge on any atom is 0.319 e. The van der Waals surface area contributed by atoms with E-state index < -0.39 is 23.7 Å². The smallest absolute Gasteiger partial charge is 0.319 e. The summed E-state index contributed by atoms with van der Waals surface area (Å²) in [4.78, 5) is 38.5. The highest BCUT2D eigenvalue weighted by molar-refractivity contribution is 8.03. The van der Waals surface area contributed by atoms with E-state index in [9.17, 15) is 19.6 Å². The molecule has 1 heterocycles. The lowest BCUT2D eigenvalue weighted by atomic mass is 9.78. The summed E-state index contributed by atoms with van der Waals surface area (Å²) in [6, 6.07) is 9.05. The van der Waals surface area contributed by atoms with E-state index in [-0.39, 0.29) is 38.1 Å². The second kappa shape index (κ2) is 12.6. The number of nitrogens with one attached hydrogen (secondary N) is 2. The van der Waals surface area contributed by atoms with Crippen LogP contribution in [0.5, 0.6) is 5.75 Å². The molecule has 0 aliphatic carbocycles. The predicted molar refractivity (Wildman–Crippen MR) is 148 cm³/mol. The van der Waals surface area contributed by atoms with Crippen LogP contribution in [0.1, 0.15) is 35.1 Å². The number of anilines is 1. The molecule has 1 aliphatic rings. The Labute approximate surface area is 235 Å². The number of nitriles is 1. The number of esters is 1. The van der Waals surface area contributed by atoms with E-state index in [2.05, 4.69) is 16.7 Å². The summed E-state index contributed by atoms with van der Waals surface area (Å²) < 4.78 is 10.3. The fourth-order valence-electron chi connectivity index (χ4n) is 4.41. The van der Waals surface area contributed by atoms with Crippen LogP contribution >= 0.6 is 35.0 Å². The molecule has 3 rings (SSSR count). The van der Waals surface area contributed by atoms with Gasteiger partial charge in [0.25, 0.3) is 0 Å². The lowest BCUT2D eigenvalue weighted by Gasteiger charge is -2.31. The summed E-state index contributed by atoms with van der Waals surface area (Å²) in [5.41, 5.74) is 4.09. The summed E-state index contributed by atoms with van der Waals surface area (Å²) >= 11 is 13.8. The van der Waals surface area contributed by atoms with Crippen molar-refractivity contribution in [3.8, 4) is 11.8 Å². The third-order valence-corrected chi connectivity index (χ3v) is 7.52. The Kier molecular flexibility index (Phi) is 9.71. The minimum absolute atomic E-state index is 0.0804. The third-order valence-electron chi connectivity index (χ3n) is 5.94. The number of benzene rings is 2. The number of nitrogens with zero attached hydrogens (tertiary/aromatic N) is 1. The molecule has 0 bridgehead atoms. The van der Waals surface area contributed by atoms with Crippen LogP contribution in [0.4, 0.5) is 5.69 Å². The second-order valence-corrected chi connectivity index (χ2v) is 10.5. The Morgan fingerprint density at radius 2 is 1.74 bits per heavy atom. The molecule has 200 valence electrons. The maximum absolute atomic E-state index is 13.1. The monoisotopic (exact) mass is 575 g/mol. The van der Waals surface area contributed by atoms with E-state index in [1.165, 1.54) is 12.1 Å². The molecule has 11 heteroatoms. The van der Waals surface area contributed by atoms with Crippen molar-refractivity contribution in [2.24, 2.45) is 5.92 Å². The average molecular weight is 577 g/mol. The maximum atomic E-state index is 13.1. The highest BCUT2D eigenvalue weighted by atomic mass is 35.5. The van der Waals surface area contributed by atoms with Crippen LogP contribution < -0.4 is 15.4 Å². The number of amides is 2. The number of methoxy groups -OCH3 is 1. The molecule has 0 radical (unpaired) electrons. The largest absolute Gasteiger partial charge is 0.491 e. The van der Waals surface area contributed by atoms with E-state index in [1.807, 2.05) is 32.9 Å². The van der Waals surface area contributed by atoms with E-state index >= 15 is 0 Å². The molecular formula is C27H27Cl2N3O5S. The number of rotatable bonds is 8. The number of hydrogen-bond donors (Lipinski definition) is 2. The summed E-state index contributed by atoms with van der Waals surface area (Å²) in [6.07, 6.45) is 0. The van der Waals surface area contributed by atoms with Crippen LogP contribution in [0.15, 0.2) is 34.9 Å². The van der Waals surface area contributed by atoms with Crippen molar-refractivity contribution >= 4 is 58.4 Å². The lowest BCUT2D eigenvalue weighted by Crippen LogP contribution is -2.44. The summed E-state index contributed by atoms with van der Waals surface area (Å²) in [5.74, 6) is -4.06. The third kappa shape index (κ3) is 6.26. The number of ether oxygens (including phenoxy) is 2. The number of hydrogen-bond acceptors (Lipinski definition) is 7. The molecule has 2 N–H and O–H groups in total. The van der Waals surface area contributed by atoms with Crippen LogP contribution in [-0.4, -0.2) is 37.3 Å². The quantitative estimate of drug-likeness (QED) is 0.318. The van der Waals surface area contributed by atoms with Gasteiger partial charge in [0.05, 0.1) is 46.2 Å². The first-order chi connectivity index (χ1) is 18.0. The molecule has 8 nitrogen and oxygen atoms in total. The van der Waals surface area contributed by atoms with Crippen molar-refractivity contribution in [3.63, 3.8) is 0 Å². The van der Waals surface area contributed by atoms with Crippen molar-refractivity contribution in [2.45, 2.75) is 33.6 Å². The lowest BCUT2D eigenvalue weighted by molar-refractivity contribution is -0.150. The van der Waals surface area contributed by atoms with Crippen molar-refractivity contribution < 1.29 is 23.9 Å². The molecule has 2 atom stereocenters. The van der Waals surface area contributed by atoms with Crippen molar-refractivity contribution in [1.29, 1.82) is 5.26 Å². The van der Waals surface area contributed by atoms with Gasteiger partial charge in [0.1, 0.15) is 5.92 Å². The fourth-order valence-corrected chi connectivity index (χ4v) is 5.87. The normalized spacial score (nSPS) is 16.9. The van der Waals surface area contributed by atoms with Gasteiger partial charge < -0.3 is 20.1 Å². The van der Waals surface area contributed by atoms with Gasteiger partial charge in [0, 0.05) is 11.6 Å². The van der Waals surface area contributed by atoms with Crippen LogP contribution in [0.2, 0.25) is 10.0 Å². The van der Waals surface area contributed by atoms with Gasteiger partial charge in [-0.25, -0.2) is 0 Å². The van der Waals surface area contributed by atoms with Crippen LogP contribution in [-0.2, 0) is 19.1 Å². The van der Waals surface area contributed by atoms with Crippen molar-refractivity contribution in [2.75, 3.05) is 24.8 Å². The van der Waals surface area contributed by atoms with Gasteiger partial charge in [-0.3, -0.25) is 14.4 Å². The molecule has 38 heavy (non-hydrogen) atoms. The van der Waals surface area contributed by atoms with Crippen LogP contribution in [0.25, 0.3) is 0 Å². The number of allylic oxidation sites excluding steroid dienone is 1. The molecule has 0 saturated carbocycles. The Morgan fingerprint density at radius 1 is 1.13 bits per heavy atom. The van der Waals surface area contributed by atoms with E-state index in [1.54, 1.807) is 6.92 Å². The molecule has 2 aromatic carbocycles. The second-order valence-electron chi connectivity index (χ2n) is 8.68. The molecule has 2 amide bonds. The van der Waals surface area contributed by atoms with E-state index in [0.29, 0.717) is 17.9 Å². The summed E-state index contributed by atoms with van der Waals surface area (Å²) in [5, 5.41) is 16.1. The van der Waals surface area contributed by atoms with Gasteiger partial charge in [-0.05, 0) is 56.5 Å². The molecule has 2 aromatic rings. The zero-order valence-electron chi connectivity index (χ0n) is 21.5. The average Bonchev–Trinajstić information content (AvgIpc) is 2.86. The zero-order chi connectivity index (χ0) is 28.1. The summed E-state index contributed by atoms with van der Waals surface area (Å²) in [6.45, 7) is 7.89. The number of aryl methyl sites for hydroxylation is 3. The first kappa shape index (κ1) is 29.4. The minimum Gasteiger partial charge on any atom is -0.491 e. The van der Waals surface area contributed by atoms with Gasteiger partial charge in [-0.2, -0.15) is 5.26 Å². The van der Waals surface area contributed by atoms with Crippen molar-refractivity contribution in [1.82, 2.24) is 5.32 Å². The Hall–Kier alpha value is -3.19. The van der Waals surface area contributed by atoms with Crippen molar-refractivity contribution in [3.05, 3.63) is 67.2 Å². The van der Waals surface area contributed by atoms with Crippen LogP contribution in [0.3, 0.4) is 0 Å². The number of carbonyl (C=O) groups is 3. The van der Waals surface area contributed by atoms with Gasteiger partial charge in [0.2, 0.25) is 11.8 Å². The molecule has 0 unspecified atom stereocenters. The van der Waals surface area contributed by atoms with Gasteiger partial charge in [-0.15, -0.1) is 0 Å². The topological polar surface area (TPSA) is 118 Å². The first-order valence-electron chi connectivity index (χ1n) is 11.7. The molecule has 0 spiro atoms. The molecule has 0 saturated heterocycles. The van der Waals surface area contributed by atoms with Gasteiger partial charge in [0.15, 0.2) is 5.75 Å². The molecule has 0 fully saturated rings. The SMILES string of the molecule is CCOc1c(Cl)cc([C@@H]2C(C#N)=C(SCC(=O)Nc3c(C)cc(C)cc3C)NC(=O)[C@@H]2C(=O)OC)cc1Cl. The number of carbonyl (C=O) groups excluding carboxylic acids is 3. The first-order valence-corrected chi connectivity index (χ1v) is 13.4. The molecule has 0 aromatic heterocycles. The highest BCUT2D eigenvalue weighted by Crippen LogP contribution is 2.44. The predicted octanol–water partition coefficient (Wildman–Crippen LogP) is 5.43. The Balaban J connectivity index is 1.97. The Bertz CT molecular complexity index is 1320. The van der Waals surface area contributed by atoms with Crippen LogP contribution in [0, 0.1) is 38.0 Å². The van der Waals surface area contributed by atoms with E-state index in [4.69, 9.17) is 32.7 Å². The highest BCUT2D eigenvalue weighted by Gasteiger charge is 2.44.